The van der Waals surface area contributed by atoms with Crippen molar-refractivity contribution in [3.05, 3.63) is 12.3 Å². The molecule has 1 aromatic heterocycles. The molecule has 2 fully saturated rings. The average molecular weight is 236 g/mol. The van der Waals surface area contributed by atoms with E-state index in [9.17, 15) is 4.79 Å². The van der Waals surface area contributed by atoms with Crippen molar-refractivity contribution in [2.24, 2.45) is 0 Å². The van der Waals surface area contributed by atoms with Crippen LogP contribution in [0.15, 0.2) is 16.9 Å². The summed E-state index contributed by atoms with van der Waals surface area (Å²) >= 11 is 0. The first kappa shape index (κ1) is 10.6. The van der Waals surface area contributed by atoms with Crippen LogP contribution in [-0.2, 0) is 0 Å². The Morgan fingerprint density at radius 1 is 1.35 bits per heavy atom. The summed E-state index contributed by atoms with van der Waals surface area (Å²) in [5, 5.41) is 7.13. The Morgan fingerprint density at radius 2 is 2.18 bits per heavy atom. The molecule has 2 aliphatic rings. The zero-order chi connectivity index (χ0) is 11.7. The maximum atomic E-state index is 12.3. The number of piperidine rings is 1. The molecule has 2 saturated heterocycles. The van der Waals surface area contributed by atoms with Gasteiger partial charge < -0.3 is 14.7 Å². The summed E-state index contributed by atoms with van der Waals surface area (Å²) in [4.78, 5) is 15.9. The molecule has 92 valence electrons. The number of hydrogen-bond acceptors (Lipinski definition) is 4. The summed E-state index contributed by atoms with van der Waals surface area (Å²) in [5.74, 6) is 0.617. The highest BCUT2D eigenvalue weighted by Gasteiger charge is 2.35. The number of amides is 2. The highest BCUT2D eigenvalue weighted by atomic mass is 16.5. The van der Waals surface area contributed by atoms with Gasteiger partial charge in [-0.05, 0) is 25.9 Å². The molecule has 0 aliphatic carbocycles. The average Bonchev–Trinajstić information content (AvgIpc) is 2.99. The summed E-state index contributed by atoms with van der Waals surface area (Å²) < 4.78 is 4.78. The Hall–Kier alpha value is -1.56. The molecule has 0 unspecified atom stereocenters. The molecule has 2 aliphatic heterocycles. The number of nitrogens with zero attached hydrogens (tertiary/aromatic N) is 3. The van der Waals surface area contributed by atoms with Crippen LogP contribution >= 0.6 is 0 Å². The molecule has 6 nitrogen and oxygen atoms in total. The molecule has 2 amide bonds. The molecule has 0 bridgehead atoms. The Balaban J connectivity index is 1.71. The van der Waals surface area contributed by atoms with Crippen molar-refractivity contribution < 1.29 is 9.32 Å². The fourth-order valence-corrected chi connectivity index (χ4v) is 2.57. The zero-order valence-electron chi connectivity index (χ0n) is 9.63. The number of hydrogen-bond donors (Lipinski definition) is 1. The maximum absolute atomic E-state index is 12.3. The fourth-order valence-electron chi connectivity index (χ4n) is 2.57. The van der Waals surface area contributed by atoms with Crippen LogP contribution in [0.4, 0.5) is 10.6 Å². The van der Waals surface area contributed by atoms with Gasteiger partial charge in [0.25, 0.3) is 0 Å². The summed E-state index contributed by atoms with van der Waals surface area (Å²) in [6.07, 6.45) is 3.58. The van der Waals surface area contributed by atoms with E-state index in [4.69, 9.17) is 4.52 Å². The van der Waals surface area contributed by atoms with Crippen LogP contribution in [0.5, 0.6) is 0 Å². The van der Waals surface area contributed by atoms with E-state index in [1.807, 2.05) is 4.90 Å². The van der Waals surface area contributed by atoms with E-state index in [1.165, 1.54) is 6.26 Å². The third kappa shape index (κ3) is 1.88. The quantitative estimate of drug-likeness (QED) is 0.819. The van der Waals surface area contributed by atoms with E-state index >= 15 is 0 Å². The van der Waals surface area contributed by atoms with Crippen LogP contribution in [0.3, 0.4) is 0 Å². The van der Waals surface area contributed by atoms with Crippen molar-refractivity contribution in [3.63, 3.8) is 0 Å². The van der Waals surface area contributed by atoms with Crippen LogP contribution < -0.4 is 10.2 Å². The Morgan fingerprint density at radius 3 is 2.88 bits per heavy atom. The molecule has 0 atom stereocenters. The Bertz CT molecular complexity index is 386. The minimum Gasteiger partial charge on any atom is -0.363 e. The fraction of sp³-hybridized carbons (Fsp3) is 0.636. The second-order valence-electron chi connectivity index (χ2n) is 4.47. The third-order valence-corrected chi connectivity index (χ3v) is 3.49. The first-order valence-corrected chi connectivity index (χ1v) is 6.05. The minimum absolute atomic E-state index is 0.0609. The second-order valence-corrected chi connectivity index (χ2v) is 4.47. The standard InChI is InChI=1S/C11H16N4O2/c16-11-14(9-1-4-12-5-2-9)6-7-15(11)10-3-8-17-13-10/h3,8-9,12H,1-2,4-7H2. The lowest BCUT2D eigenvalue weighted by Gasteiger charge is -2.31. The first-order chi connectivity index (χ1) is 8.36. The van der Waals surface area contributed by atoms with Crippen LogP contribution in [0.25, 0.3) is 0 Å². The lowest BCUT2D eigenvalue weighted by molar-refractivity contribution is 0.185. The lowest BCUT2D eigenvalue weighted by Crippen LogP contribution is -2.45. The van der Waals surface area contributed by atoms with Gasteiger partial charge in [-0.2, -0.15) is 0 Å². The van der Waals surface area contributed by atoms with Gasteiger partial charge in [0.05, 0.1) is 0 Å². The van der Waals surface area contributed by atoms with Gasteiger partial charge in [0, 0.05) is 25.2 Å². The van der Waals surface area contributed by atoms with Crippen molar-refractivity contribution in [1.82, 2.24) is 15.4 Å². The van der Waals surface area contributed by atoms with Gasteiger partial charge in [-0.1, -0.05) is 5.16 Å². The highest BCUT2D eigenvalue weighted by molar-refractivity contribution is 5.93. The van der Waals surface area contributed by atoms with Gasteiger partial charge in [-0.15, -0.1) is 0 Å². The summed E-state index contributed by atoms with van der Waals surface area (Å²) in [6, 6.07) is 2.16. The third-order valence-electron chi connectivity index (χ3n) is 3.49. The lowest BCUT2D eigenvalue weighted by atomic mass is 10.1. The van der Waals surface area contributed by atoms with E-state index in [-0.39, 0.29) is 6.03 Å². The molecule has 1 aromatic rings. The zero-order valence-corrected chi connectivity index (χ0v) is 9.63. The number of carbonyl (C=O) groups excluding carboxylic acids is 1. The predicted molar refractivity (Wildman–Crippen MR) is 61.8 cm³/mol. The summed E-state index contributed by atoms with van der Waals surface area (Å²) in [6.45, 7) is 3.49. The molecule has 0 spiro atoms. The number of carbonyl (C=O) groups is 1. The topological polar surface area (TPSA) is 61.6 Å². The minimum atomic E-state index is 0.0609. The molecular formula is C11H16N4O2. The van der Waals surface area contributed by atoms with Crippen molar-refractivity contribution in [3.8, 4) is 0 Å². The number of rotatable bonds is 2. The van der Waals surface area contributed by atoms with Crippen molar-refractivity contribution in [1.29, 1.82) is 0 Å². The normalized spacial score (nSPS) is 22.5. The Labute approximate surface area is 99.5 Å². The predicted octanol–water partition coefficient (Wildman–Crippen LogP) is 0.669. The molecule has 3 heterocycles. The molecule has 17 heavy (non-hydrogen) atoms. The van der Waals surface area contributed by atoms with Gasteiger partial charge in [0.15, 0.2) is 5.82 Å². The molecule has 6 heteroatoms. The van der Waals surface area contributed by atoms with Crippen molar-refractivity contribution in [2.45, 2.75) is 18.9 Å². The highest BCUT2D eigenvalue weighted by Crippen LogP contribution is 2.22. The second kappa shape index (κ2) is 4.37. The molecule has 3 rings (SSSR count). The van der Waals surface area contributed by atoms with E-state index in [1.54, 1.807) is 11.0 Å². The molecule has 0 aromatic carbocycles. The smallest absolute Gasteiger partial charge is 0.326 e. The Kier molecular flexibility index (Phi) is 2.72. The van der Waals surface area contributed by atoms with Crippen LogP contribution in [-0.4, -0.2) is 48.3 Å². The van der Waals surface area contributed by atoms with E-state index in [0.29, 0.717) is 18.4 Å². The molecule has 0 radical (unpaired) electrons. The monoisotopic (exact) mass is 236 g/mol. The van der Waals surface area contributed by atoms with Gasteiger partial charge in [-0.25, -0.2) is 4.79 Å². The summed E-state index contributed by atoms with van der Waals surface area (Å²) in [7, 11) is 0. The van der Waals surface area contributed by atoms with Crippen LogP contribution in [0.2, 0.25) is 0 Å². The number of anilines is 1. The van der Waals surface area contributed by atoms with Crippen molar-refractivity contribution in [2.75, 3.05) is 31.1 Å². The number of nitrogens with one attached hydrogen (secondary N) is 1. The van der Waals surface area contributed by atoms with E-state index in [2.05, 4.69) is 10.5 Å². The van der Waals surface area contributed by atoms with Crippen molar-refractivity contribution >= 4 is 11.8 Å². The van der Waals surface area contributed by atoms with Crippen LogP contribution in [0.1, 0.15) is 12.8 Å². The molecule has 0 saturated carbocycles. The number of aromatic nitrogens is 1. The largest absolute Gasteiger partial charge is 0.363 e. The first-order valence-electron chi connectivity index (χ1n) is 6.05. The van der Waals surface area contributed by atoms with Crippen LogP contribution in [0, 0.1) is 0 Å². The van der Waals surface area contributed by atoms with E-state index in [0.717, 1.165) is 32.5 Å². The number of urea groups is 1. The molecular weight excluding hydrogens is 220 g/mol. The van der Waals surface area contributed by atoms with Gasteiger partial charge in [-0.3, -0.25) is 4.90 Å². The van der Waals surface area contributed by atoms with E-state index < -0.39 is 0 Å². The SMILES string of the molecule is O=C1N(c2ccon2)CCN1C1CCNCC1. The summed E-state index contributed by atoms with van der Waals surface area (Å²) in [5.41, 5.74) is 0. The van der Waals surface area contributed by atoms with Gasteiger partial charge in [0.2, 0.25) is 0 Å². The van der Waals surface area contributed by atoms with Gasteiger partial charge in [0.1, 0.15) is 6.26 Å². The maximum Gasteiger partial charge on any atom is 0.326 e. The molecule has 1 N–H and O–H groups in total. The van der Waals surface area contributed by atoms with Gasteiger partial charge >= 0.3 is 6.03 Å².